The first-order chi connectivity index (χ1) is 11.2. The lowest BCUT2D eigenvalue weighted by Crippen LogP contribution is -2.43. The molecule has 1 fully saturated rings. The molecule has 0 spiro atoms. The van der Waals surface area contributed by atoms with Crippen molar-refractivity contribution in [3.63, 3.8) is 0 Å². The first-order valence-electron chi connectivity index (χ1n) is 8.24. The van der Waals surface area contributed by atoms with Gasteiger partial charge in [-0.05, 0) is 49.7 Å². The number of nitrogens with zero attached hydrogens (tertiary/aromatic N) is 3. The Kier molecular flexibility index (Phi) is 5.23. The molecule has 1 saturated carbocycles. The normalized spacial score (nSPS) is 16.7. The van der Waals surface area contributed by atoms with Crippen LogP contribution < -0.4 is 10.6 Å². The summed E-state index contributed by atoms with van der Waals surface area (Å²) in [5, 5.41) is 11.7. The molecule has 6 heteroatoms. The Bertz CT molecular complexity index is 617. The van der Waals surface area contributed by atoms with Gasteiger partial charge in [0.1, 0.15) is 12.7 Å². The predicted molar refractivity (Wildman–Crippen MR) is 95.5 cm³/mol. The first kappa shape index (κ1) is 15.9. The minimum absolute atomic E-state index is 0.170. The van der Waals surface area contributed by atoms with E-state index in [1.807, 2.05) is 12.1 Å². The Balaban J connectivity index is 1.55. The van der Waals surface area contributed by atoms with Gasteiger partial charge in [-0.25, -0.2) is 9.67 Å². The van der Waals surface area contributed by atoms with E-state index in [9.17, 15) is 0 Å². The molecule has 0 bridgehead atoms. The van der Waals surface area contributed by atoms with E-state index in [1.165, 1.54) is 44.0 Å². The van der Waals surface area contributed by atoms with Crippen LogP contribution in [0.25, 0.3) is 5.69 Å². The minimum Gasteiger partial charge on any atom is -0.360 e. The quantitative estimate of drug-likeness (QED) is 0.844. The maximum Gasteiger partial charge on any atom is 0.166 e. The zero-order valence-corrected chi connectivity index (χ0v) is 14.2. The predicted octanol–water partition coefficient (Wildman–Crippen LogP) is 3.13. The summed E-state index contributed by atoms with van der Waals surface area (Å²) in [7, 11) is 0. The zero-order valence-electron chi connectivity index (χ0n) is 13.4. The lowest BCUT2D eigenvalue weighted by Gasteiger charge is -2.26. The fourth-order valence-corrected chi connectivity index (χ4v) is 3.35. The highest BCUT2D eigenvalue weighted by atomic mass is 32.1. The molecule has 0 unspecified atom stereocenters. The Morgan fingerprint density at radius 1 is 1.22 bits per heavy atom. The summed E-state index contributed by atoms with van der Waals surface area (Å²) < 4.78 is 1.75. The summed E-state index contributed by atoms with van der Waals surface area (Å²) in [6.45, 7) is 2.12. The Labute approximate surface area is 142 Å². The molecule has 122 valence electrons. The lowest BCUT2D eigenvalue weighted by molar-refractivity contribution is 0.411. The highest BCUT2D eigenvalue weighted by molar-refractivity contribution is 7.80. The van der Waals surface area contributed by atoms with Crippen LogP contribution >= 0.6 is 12.2 Å². The topological polar surface area (TPSA) is 54.8 Å². The fourth-order valence-electron chi connectivity index (χ4n) is 3.01. The van der Waals surface area contributed by atoms with Crippen molar-refractivity contribution in [1.82, 2.24) is 25.4 Å². The van der Waals surface area contributed by atoms with Gasteiger partial charge in [-0.1, -0.05) is 31.4 Å². The van der Waals surface area contributed by atoms with E-state index < -0.39 is 0 Å². The zero-order chi connectivity index (χ0) is 16.1. The van der Waals surface area contributed by atoms with E-state index in [-0.39, 0.29) is 6.04 Å². The third-order valence-corrected chi connectivity index (χ3v) is 4.60. The number of hydrogen-bond acceptors (Lipinski definition) is 3. The van der Waals surface area contributed by atoms with Crippen molar-refractivity contribution < 1.29 is 0 Å². The fraction of sp³-hybridized carbons (Fsp3) is 0.471. The average molecular weight is 329 g/mol. The van der Waals surface area contributed by atoms with Crippen molar-refractivity contribution in [1.29, 1.82) is 0 Å². The third-order valence-electron chi connectivity index (χ3n) is 4.36. The standard InChI is InChI=1S/C17H23N5S/c1-13(20-17(23)21-15-5-3-2-4-6-15)14-7-9-16(10-8-14)22-12-18-11-19-22/h7-13,15H,2-6H2,1H3,(H2,20,21,23)/t13-/m0/s1. The minimum atomic E-state index is 0.170. The second-order valence-corrected chi connectivity index (χ2v) is 6.51. The lowest BCUT2D eigenvalue weighted by atomic mass is 9.96. The van der Waals surface area contributed by atoms with E-state index in [2.05, 4.69) is 39.8 Å². The molecule has 1 aliphatic carbocycles. The third kappa shape index (κ3) is 4.28. The second kappa shape index (κ2) is 7.55. The molecule has 1 atom stereocenters. The van der Waals surface area contributed by atoms with Crippen LogP contribution in [0.15, 0.2) is 36.9 Å². The van der Waals surface area contributed by atoms with Gasteiger partial charge < -0.3 is 10.6 Å². The molecule has 1 heterocycles. The summed E-state index contributed by atoms with van der Waals surface area (Å²) in [4.78, 5) is 3.97. The van der Waals surface area contributed by atoms with Crippen LogP contribution in [0.4, 0.5) is 0 Å². The Morgan fingerprint density at radius 2 is 1.96 bits per heavy atom. The Morgan fingerprint density at radius 3 is 2.61 bits per heavy atom. The number of aromatic nitrogens is 3. The number of rotatable bonds is 4. The van der Waals surface area contributed by atoms with Gasteiger partial charge in [-0.3, -0.25) is 0 Å². The van der Waals surface area contributed by atoms with Crippen LogP contribution in [0, 0.1) is 0 Å². The van der Waals surface area contributed by atoms with Gasteiger partial charge in [0.25, 0.3) is 0 Å². The van der Waals surface area contributed by atoms with Crippen LogP contribution in [0.5, 0.6) is 0 Å². The molecule has 5 nitrogen and oxygen atoms in total. The first-order valence-corrected chi connectivity index (χ1v) is 8.65. The molecular weight excluding hydrogens is 306 g/mol. The van der Waals surface area contributed by atoms with E-state index in [0.717, 1.165) is 10.8 Å². The summed E-state index contributed by atoms with van der Waals surface area (Å²) in [5.74, 6) is 0. The molecule has 1 aliphatic rings. The molecule has 2 aromatic rings. The van der Waals surface area contributed by atoms with Crippen LogP contribution in [-0.4, -0.2) is 25.9 Å². The molecule has 0 saturated heterocycles. The largest absolute Gasteiger partial charge is 0.360 e. The van der Waals surface area contributed by atoms with Gasteiger partial charge in [-0.15, -0.1) is 0 Å². The highest BCUT2D eigenvalue weighted by Crippen LogP contribution is 2.18. The van der Waals surface area contributed by atoms with Crippen LogP contribution in [0.3, 0.4) is 0 Å². The molecule has 0 amide bonds. The average Bonchev–Trinajstić information content (AvgIpc) is 3.10. The summed E-state index contributed by atoms with van der Waals surface area (Å²) in [6, 6.07) is 8.98. The maximum absolute atomic E-state index is 5.46. The van der Waals surface area contributed by atoms with Crippen LogP contribution in [0.2, 0.25) is 0 Å². The molecule has 0 aliphatic heterocycles. The monoisotopic (exact) mass is 329 g/mol. The van der Waals surface area contributed by atoms with E-state index >= 15 is 0 Å². The number of benzene rings is 1. The van der Waals surface area contributed by atoms with Crippen molar-refractivity contribution in [3.05, 3.63) is 42.5 Å². The van der Waals surface area contributed by atoms with Crippen LogP contribution in [0.1, 0.15) is 50.6 Å². The number of thiocarbonyl (C=S) groups is 1. The van der Waals surface area contributed by atoms with Crippen molar-refractivity contribution in [2.75, 3.05) is 0 Å². The van der Waals surface area contributed by atoms with Crippen molar-refractivity contribution in [3.8, 4) is 5.69 Å². The number of nitrogens with one attached hydrogen (secondary N) is 2. The molecule has 0 radical (unpaired) electrons. The van der Waals surface area contributed by atoms with E-state index in [1.54, 1.807) is 11.0 Å². The number of hydrogen-bond donors (Lipinski definition) is 2. The van der Waals surface area contributed by atoms with E-state index in [0.29, 0.717) is 6.04 Å². The van der Waals surface area contributed by atoms with E-state index in [4.69, 9.17) is 12.2 Å². The second-order valence-electron chi connectivity index (χ2n) is 6.11. The molecule has 3 rings (SSSR count). The molecule has 2 N–H and O–H groups in total. The van der Waals surface area contributed by atoms with Gasteiger partial charge in [0.05, 0.1) is 11.7 Å². The molecular formula is C17H23N5S. The smallest absolute Gasteiger partial charge is 0.166 e. The molecule has 23 heavy (non-hydrogen) atoms. The van der Waals surface area contributed by atoms with Gasteiger partial charge >= 0.3 is 0 Å². The van der Waals surface area contributed by atoms with Gasteiger partial charge in [0.2, 0.25) is 0 Å². The molecule has 1 aromatic carbocycles. The summed E-state index contributed by atoms with van der Waals surface area (Å²) in [5.41, 5.74) is 2.20. The molecule has 1 aromatic heterocycles. The van der Waals surface area contributed by atoms with Gasteiger partial charge in [-0.2, -0.15) is 5.10 Å². The van der Waals surface area contributed by atoms with Crippen molar-refractivity contribution >= 4 is 17.3 Å². The van der Waals surface area contributed by atoms with Crippen molar-refractivity contribution in [2.45, 2.75) is 51.1 Å². The van der Waals surface area contributed by atoms with Gasteiger partial charge in [0, 0.05) is 6.04 Å². The van der Waals surface area contributed by atoms with Gasteiger partial charge in [0.15, 0.2) is 5.11 Å². The maximum atomic E-state index is 5.46. The van der Waals surface area contributed by atoms with Crippen LogP contribution in [-0.2, 0) is 0 Å². The van der Waals surface area contributed by atoms with Crippen molar-refractivity contribution in [2.24, 2.45) is 0 Å². The summed E-state index contributed by atoms with van der Waals surface area (Å²) in [6.07, 6.45) is 9.64. The SMILES string of the molecule is C[C@H](NC(=S)NC1CCCCC1)c1ccc(-n2cncn2)cc1. The summed E-state index contributed by atoms with van der Waals surface area (Å²) >= 11 is 5.46. The Hall–Kier alpha value is -1.95. The highest BCUT2D eigenvalue weighted by Gasteiger charge is 2.15.